The van der Waals surface area contributed by atoms with E-state index >= 15 is 0 Å². The zero-order valence-electron chi connectivity index (χ0n) is 14.2. The Hall–Kier alpha value is -2.94. The second-order valence-electron chi connectivity index (χ2n) is 5.89. The summed E-state index contributed by atoms with van der Waals surface area (Å²) in [4.78, 5) is 27.8. The lowest BCUT2D eigenvalue weighted by molar-refractivity contribution is 0.102. The van der Waals surface area contributed by atoms with Crippen molar-refractivity contribution in [2.75, 3.05) is 16.8 Å². The molecule has 0 atom stereocenters. The van der Waals surface area contributed by atoms with Crippen LogP contribution in [0.2, 0.25) is 0 Å². The number of pyridine rings is 1. The van der Waals surface area contributed by atoms with Crippen molar-refractivity contribution in [2.24, 2.45) is 0 Å². The number of nitrogens with zero attached hydrogens (tertiary/aromatic N) is 6. The van der Waals surface area contributed by atoms with E-state index in [1.165, 1.54) is 16.9 Å². The molecule has 4 heterocycles. The van der Waals surface area contributed by atoms with Crippen LogP contribution in [0.1, 0.15) is 34.4 Å². The summed E-state index contributed by atoms with van der Waals surface area (Å²) < 4.78 is 0. The fourth-order valence-corrected chi connectivity index (χ4v) is 3.25. The van der Waals surface area contributed by atoms with Gasteiger partial charge in [0, 0.05) is 25.4 Å². The fraction of sp³-hybridized carbons (Fsp3) is 0.294. The largest absolute Gasteiger partial charge is 0.350 e. The van der Waals surface area contributed by atoms with Gasteiger partial charge in [-0.15, -0.1) is 10.2 Å². The summed E-state index contributed by atoms with van der Waals surface area (Å²) in [5, 5.41) is 10.7. The van der Waals surface area contributed by atoms with E-state index in [-0.39, 0.29) is 5.91 Å². The van der Waals surface area contributed by atoms with E-state index in [1.807, 2.05) is 12.3 Å². The first-order valence-corrected chi connectivity index (χ1v) is 9.23. The van der Waals surface area contributed by atoms with Gasteiger partial charge >= 0.3 is 0 Å². The average Bonchev–Trinajstić information content (AvgIpc) is 3.20. The number of amides is 1. The number of hydrogen-bond acceptors (Lipinski definition) is 8. The predicted octanol–water partition coefficient (Wildman–Crippen LogP) is 2.10. The molecule has 1 aliphatic rings. The standard InChI is InChI=1S/C17H17N7OS/c1-2-14-18-7-11-5-6-24(9-13(11)21-14)15-4-3-12(8-19-15)16(25)22-17-23-20-10-26-17/h3-4,7-8,10H,2,5-6,9H2,1H3,(H,22,23,25). The van der Waals surface area contributed by atoms with Crippen molar-refractivity contribution >= 4 is 28.2 Å². The minimum atomic E-state index is -0.245. The maximum atomic E-state index is 12.2. The van der Waals surface area contributed by atoms with Crippen LogP contribution in [0.25, 0.3) is 0 Å². The summed E-state index contributed by atoms with van der Waals surface area (Å²) in [5.74, 6) is 1.45. The van der Waals surface area contributed by atoms with E-state index in [0.29, 0.717) is 17.2 Å². The molecule has 0 bridgehead atoms. The van der Waals surface area contributed by atoms with Crippen molar-refractivity contribution in [3.63, 3.8) is 0 Å². The molecule has 4 rings (SSSR count). The topological polar surface area (TPSA) is 96.8 Å². The van der Waals surface area contributed by atoms with Gasteiger partial charge < -0.3 is 4.90 Å². The van der Waals surface area contributed by atoms with Gasteiger partial charge in [0.15, 0.2) is 0 Å². The molecule has 1 N–H and O–H groups in total. The highest BCUT2D eigenvalue weighted by atomic mass is 32.1. The van der Waals surface area contributed by atoms with Crippen molar-refractivity contribution in [2.45, 2.75) is 26.3 Å². The van der Waals surface area contributed by atoms with E-state index in [9.17, 15) is 4.79 Å². The van der Waals surface area contributed by atoms with E-state index in [0.717, 1.165) is 36.7 Å². The Kier molecular flexibility index (Phi) is 4.53. The molecule has 132 valence electrons. The number of fused-ring (bicyclic) bond motifs is 1. The zero-order chi connectivity index (χ0) is 17.9. The van der Waals surface area contributed by atoms with Gasteiger partial charge in [0.1, 0.15) is 17.2 Å². The number of nitrogens with one attached hydrogen (secondary N) is 1. The van der Waals surface area contributed by atoms with Crippen LogP contribution in [-0.4, -0.2) is 37.6 Å². The number of aryl methyl sites for hydroxylation is 1. The Morgan fingerprint density at radius 2 is 2.23 bits per heavy atom. The molecule has 0 aliphatic carbocycles. The van der Waals surface area contributed by atoms with Crippen LogP contribution < -0.4 is 10.2 Å². The molecule has 0 aromatic carbocycles. The number of rotatable bonds is 4. The second kappa shape index (κ2) is 7.12. The molecular formula is C17H17N7OS. The van der Waals surface area contributed by atoms with Crippen LogP contribution in [-0.2, 0) is 19.4 Å². The average molecular weight is 367 g/mol. The highest BCUT2D eigenvalue weighted by Crippen LogP contribution is 2.22. The summed E-state index contributed by atoms with van der Waals surface area (Å²) in [7, 11) is 0. The molecule has 9 heteroatoms. The Morgan fingerprint density at radius 3 is 2.96 bits per heavy atom. The van der Waals surface area contributed by atoms with Gasteiger partial charge in [-0.25, -0.2) is 15.0 Å². The summed E-state index contributed by atoms with van der Waals surface area (Å²) in [5.41, 5.74) is 4.31. The molecule has 0 fully saturated rings. The van der Waals surface area contributed by atoms with Crippen molar-refractivity contribution < 1.29 is 4.79 Å². The highest BCUT2D eigenvalue weighted by Gasteiger charge is 2.20. The van der Waals surface area contributed by atoms with Crippen LogP contribution >= 0.6 is 11.3 Å². The third-order valence-corrected chi connectivity index (χ3v) is 4.83. The quantitative estimate of drug-likeness (QED) is 0.754. The lowest BCUT2D eigenvalue weighted by atomic mass is 10.1. The Bertz CT molecular complexity index is 911. The SMILES string of the molecule is CCc1ncc2c(n1)CN(c1ccc(C(=O)Nc3nncs3)cn1)CC2. The monoisotopic (exact) mass is 367 g/mol. The maximum Gasteiger partial charge on any atom is 0.259 e. The summed E-state index contributed by atoms with van der Waals surface area (Å²) in [6.45, 7) is 3.61. The van der Waals surface area contributed by atoms with Gasteiger partial charge in [-0.3, -0.25) is 10.1 Å². The number of hydrogen-bond donors (Lipinski definition) is 1. The van der Waals surface area contributed by atoms with E-state index in [1.54, 1.807) is 17.8 Å². The molecule has 0 saturated carbocycles. The molecule has 3 aromatic rings. The van der Waals surface area contributed by atoms with Gasteiger partial charge in [-0.2, -0.15) is 0 Å². The van der Waals surface area contributed by atoms with Gasteiger partial charge in [0.05, 0.1) is 17.8 Å². The van der Waals surface area contributed by atoms with Gasteiger partial charge in [0.25, 0.3) is 5.91 Å². The van der Waals surface area contributed by atoms with Crippen molar-refractivity contribution in [3.8, 4) is 0 Å². The van der Waals surface area contributed by atoms with Crippen molar-refractivity contribution in [1.29, 1.82) is 0 Å². The first kappa shape index (κ1) is 16.5. The molecule has 0 radical (unpaired) electrons. The van der Waals surface area contributed by atoms with Gasteiger partial charge in [0.2, 0.25) is 5.13 Å². The van der Waals surface area contributed by atoms with E-state index in [4.69, 9.17) is 0 Å². The van der Waals surface area contributed by atoms with Crippen LogP contribution in [0.5, 0.6) is 0 Å². The molecule has 1 aliphatic heterocycles. The third kappa shape index (κ3) is 3.38. The number of carbonyl (C=O) groups is 1. The highest BCUT2D eigenvalue weighted by molar-refractivity contribution is 7.13. The molecular weight excluding hydrogens is 350 g/mol. The minimum absolute atomic E-state index is 0.245. The van der Waals surface area contributed by atoms with Crippen molar-refractivity contribution in [3.05, 3.63) is 52.7 Å². The second-order valence-corrected chi connectivity index (χ2v) is 6.72. The maximum absolute atomic E-state index is 12.2. The third-order valence-electron chi connectivity index (χ3n) is 4.23. The number of carbonyl (C=O) groups excluding carboxylic acids is 1. The normalized spacial score (nSPS) is 13.3. The van der Waals surface area contributed by atoms with Gasteiger partial charge in [-0.05, 0) is 24.1 Å². The van der Waals surface area contributed by atoms with E-state index < -0.39 is 0 Å². The Balaban J connectivity index is 1.47. The molecule has 0 spiro atoms. The van der Waals surface area contributed by atoms with Crippen LogP contribution in [0, 0.1) is 0 Å². The van der Waals surface area contributed by atoms with Gasteiger partial charge in [-0.1, -0.05) is 18.3 Å². The van der Waals surface area contributed by atoms with Crippen LogP contribution in [0.4, 0.5) is 10.9 Å². The zero-order valence-corrected chi connectivity index (χ0v) is 15.0. The molecule has 8 nitrogen and oxygen atoms in total. The van der Waals surface area contributed by atoms with Crippen molar-refractivity contribution in [1.82, 2.24) is 25.1 Å². The first-order chi connectivity index (χ1) is 12.7. The molecule has 0 unspecified atom stereocenters. The number of anilines is 2. The molecule has 0 saturated heterocycles. The summed E-state index contributed by atoms with van der Waals surface area (Å²) in [6, 6.07) is 3.63. The smallest absolute Gasteiger partial charge is 0.259 e. The lowest BCUT2D eigenvalue weighted by Crippen LogP contribution is -2.32. The lowest BCUT2D eigenvalue weighted by Gasteiger charge is -2.29. The van der Waals surface area contributed by atoms with E-state index in [2.05, 4.69) is 42.3 Å². The Morgan fingerprint density at radius 1 is 1.31 bits per heavy atom. The molecule has 3 aromatic heterocycles. The Labute approximate surface area is 154 Å². The van der Waals surface area contributed by atoms with Crippen LogP contribution in [0.15, 0.2) is 30.0 Å². The minimum Gasteiger partial charge on any atom is -0.350 e. The molecule has 1 amide bonds. The predicted molar refractivity (Wildman–Crippen MR) is 98.3 cm³/mol. The summed E-state index contributed by atoms with van der Waals surface area (Å²) in [6.07, 6.45) is 5.23. The molecule has 26 heavy (non-hydrogen) atoms. The first-order valence-electron chi connectivity index (χ1n) is 8.35. The van der Waals surface area contributed by atoms with Crippen LogP contribution in [0.3, 0.4) is 0 Å². The number of aromatic nitrogens is 5. The fourth-order valence-electron chi connectivity index (χ4n) is 2.81. The summed E-state index contributed by atoms with van der Waals surface area (Å²) >= 11 is 1.27.